The third-order valence-electron chi connectivity index (χ3n) is 7.54. The van der Waals surface area contributed by atoms with E-state index in [9.17, 15) is 4.39 Å². The highest BCUT2D eigenvalue weighted by Crippen LogP contribution is 2.42. The van der Waals surface area contributed by atoms with Crippen molar-refractivity contribution in [2.24, 2.45) is 0 Å². The minimum Gasteiger partial charge on any atom is -0.353 e. The maximum atomic E-state index is 14.9. The standard InChI is InChI=1S/C35H22FN3S/c36-28-15-5-1-10-22(28)23-11-2-6-16-29(23)38-30-17-9-14-26-24-12-3-7-18-31(24)39(33(26)30)35-34-27(20-21-37-35)25-13-4-8-19-32(25)40-34/h1-21,38H. The molecule has 0 aliphatic carbocycles. The number of aromatic nitrogens is 2. The molecule has 0 aliphatic heterocycles. The molecule has 0 aliphatic rings. The molecule has 0 saturated heterocycles. The Hall–Kier alpha value is -5.00. The molecule has 0 unspecified atom stereocenters. The summed E-state index contributed by atoms with van der Waals surface area (Å²) < 4.78 is 19.5. The van der Waals surface area contributed by atoms with E-state index in [1.807, 2.05) is 42.6 Å². The zero-order chi connectivity index (χ0) is 26.6. The van der Waals surface area contributed by atoms with E-state index < -0.39 is 0 Å². The van der Waals surface area contributed by atoms with Crippen LogP contribution in [0.25, 0.3) is 58.9 Å². The predicted octanol–water partition coefficient (Wildman–Crippen LogP) is 10.1. The Balaban J connectivity index is 1.42. The van der Waals surface area contributed by atoms with Crippen molar-refractivity contribution in [3.63, 3.8) is 0 Å². The van der Waals surface area contributed by atoms with Crippen LogP contribution in [-0.4, -0.2) is 9.55 Å². The van der Waals surface area contributed by atoms with Crippen LogP contribution < -0.4 is 5.32 Å². The van der Waals surface area contributed by atoms with Crippen LogP contribution in [0.3, 0.4) is 0 Å². The van der Waals surface area contributed by atoms with E-state index in [2.05, 4.69) is 82.7 Å². The third kappa shape index (κ3) is 3.45. The fraction of sp³-hybridized carbons (Fsp3) is 0. The highest BCUT2D eigenvalue weighted by Gasteiger charge is 2.20. The van der Waals surface area contributed by atoms with Gasteiger partial charge in [0.2, 0.25) is 0 Å². The number of thiophene rings is 1. The van der Waals surface area contributed by atoms with Crippen molar-refractivity contribution < 1.29 is 4.39 Å². The minimum absolute atomic E-state index is 0.246. The molecule has 40 heavy (non-hydrogen) atoms. The van der Waals surface area contributed by atoms with Gasteiger partial charge >= 0.3 is 0 Å². The molecule has 3 nitrogen and oxygen atoms in total. The summed E-state index contributed by atoms with van der Waals surface area (Å²) in [6.07, 6.45) is 1.90. The third-order valence-corrected chi connectivity index (χ3v) is 8.72. The van der Waals surface area contributed by atoms with E-state index in [-0.39, 0.29) is 5.82 Å². The fourth-order valence-electron chi connectivity index (χ4n) is 5.79. The van der Waals surface area contributed by atoms with Gasteiger partial charge in [0.1, 0.15) is 5.82 Å². The number of anilines is 2. The Bertz CT molecular complexity index is 2230. The van der Waals surface area contributed by atoms with Crippen LogP contribution in [0.4, 0.5) is 15.8 Å². The molecule has 0 saturated carbocycles. The maximum absolute atomic E-state index is 14.9. The molecule has 5 aromatic carbocycles. The second kappa shape index (κ2) is 9.04. The highest BCUT2D eigenvalue weighted by atomic mass is 32.1. The van der Waals surface area contributed by atoms with Crippen LogP contribution in [0.5, 0.6) is 0 Å². The van der Waals surface area contributed by atoms with E-state index in [0.717, 1.165) is 49.3 Å². The number of nitrogens with one attached hydrogen (secondary N) is 1. The lowest BCUT2D eigenvalue weighted by Gasteiger charge is -2.16. The van der Waals surface area contributed by atoms with Gasteiger partial charge in [-0.15, -0.1) is 11.3 Å². The van der Waals surface area contributed by atoms with Crippen molar-refractivity contribution in [1.29, 1.82) is 0 Å². The van der Waals surface area contributed by atoms with E-state index in [1.165, 1.54) is 21.5 Å². The van der Waals surface area contributed by atoms with E-state index in [4.69, 9.17) is 4.98 Å². The van der Waals surface area contributed by atoms with Gasteiger partial charge in [0.05, 0.1) is 21.4 Å². The number of fused-ring (bicyclic) bond motifs is 6. The van der Waals surface area contributed by atoms with Gasteiger partial charge in [-0.1, -0.05) is 84.9 Å². The first-order chi connectivity index (χ1) is 19.8. The molecule has 0 spiro atoms. The number of rotatable bonds is 4. The summed E-state index contributed by atoms with van der Waals surface area (Å²) in [5.41, 5.74) is 5.26. The number of benzene rings is 5. The summed E-state index contributed by atoms with van der Waals surface area (Å²) in [5.74, 6) is 0.659. The Morgan fingerprint density at radius 3 is 2.20 bits per heavy atom. The number of halogens is 1. The first kappa shape index (κ1) is 22.9. The van der Waals surface area contributed by atoms with Gasteiger partial charge in [-0.25, -0.2) is 9.37 Å². The quantitative estimate of drug-likeness (QED) is 0.243. The highest BCUT2D eigenvalue weighted by molar-refractivity contribution is 7.26. The van der Waals surface area contributed by atoms with E-state index in [0.29, 0.717) is 5.56 Å². The minimum atomic E-state index is -0.246. The molecule has 0 atom stereocenters. The zero-order valence-electron chi connectivity index (χ0n) is 21.3. The molecule has 8 aromatic rings. The lowest BCUT2D eigenvalue weighted by Crippen LogP contribution is -2.01. The average Bonchev–Trinajstić information content (AvgIpc) is 3.55. The van der Waals surface area contributed by atoms with Gasteiger partial charge in [-0.05, 0) is 36.4 Å². The van der Waals surface area contributed by atoms with E-state index in [1.54, 1.807) is 17.4 Å². The summed E-state index contributed by atoms with van der Waals surface area (Å²) in [5, 5.41) is 8.40. The van der Waals surface area contributed by atoms with Crippen molar-refractivity contribution in [3.05, 3.63) is 133 Å². The van der Waals surface area contributed by atoms with Crippen molar-refractivity contribution in [2.45, 2.75) is 0 Å². The number of hydrogen-bond acceptors (Lipinski definition) is 3. The summed E-state index contributed by atoms with van der Waals surface area (Å²) in [6.45, 7) is 0. The number of nitrogens with zero attached hydrogens (tertiary/aromatic N) is 2. The number of hydrogen-bond donors (Lipinski definition) is 1. The monoisotopic (exact) mass is 535 g/mol. The molecule has 190 valence electrons. The van der Waals surface area contributed by atoms with Gasteiger partial charge in [0.15, 0.2) is 5.82 Å². The molecular weight excluding hydrogens is 513 g/mol. The molecule has 3 aromatic heterocycles. The summed E-state index contributed by atoms with van der Waals surface area (Å²) in [4.78, 5) is 4.97. The summed E-state index contributed by atoms with van der Waals surface area (Å²) in [7, 11) is 0. The topological polar surface area (TPSA) is 29.9 Å². The van der Waals surface area contributed by atoms with Crippen LogP contribution in [-0.2, 0) is 0 Å². The van der Waals surface area contributed by atoms with Crippen LogP contribution in [0, 0.1) is 5.82 Å². The Labute approximate surface area is 233 Å². The van der Waals surface area contributed by atoms with Crippen molar-refractivity contribution in [2.75, 3.05) is 5.32 Å². The molecule has 0 fully saturated rings. The number of para-hydroxylation sites is 3. The normalized spacial score (nSPS) is 11.6. The van der Waals surface area contributed by atoms with Crippen LogP contribution in [0.2, 0.25) is 0 Å². The zero-order valence-corrected chi connectivity index (χ0v) is 22.1. The SMILES string of the molecule is Fc1ccccc1-c1ccccc1Nc1cccc2c3ccccc3n(-c3nccc4c3sc3ccccc34)c12. The molecular formula is C35H22FN3S. The van der Waals surface area contributed by atoms with E-state index >= 15 is 0 Å². The Morgan fingerprint density at radius 2 is 1.30 bits per heavy atom. The molecule has 0 bridgehead atoms. The molecule has 0 radical (unpaired) electrons. The first-order valence-corrected chi connectivity index (χ1v) is 14.0. The molecule has 1 N–H and O–H groups in total. The van der Waals surface area contributed by atoms with Crippen LogP contribution >= 0.6 is 11.3 Å². The molecule has 8 rings (SSSR count). The lowest BCUT2D eigenvalue weighted by atomic mass is 10.0. The van der Waals surface area contributed by atoms with Gasteiger partial charge in [-0.2, -0.15) is 0 Å². The van der Waals surface area contributed by atoms with Crippen LogP contribution in [0.1, 0.15) is 0 Å². The van der Waals surface area contributed by atoms with Crippen molar-refractivity contribution in [1.82, 2.24) is 9.55 Å². The Kier molecular flexibility index (Phi) is 5.18. The summed E-state index contributed by atoms with van der Waals surface area (Å²) >= 11 is 1.77. The predicted molar refractivity (Wildman–Crippen MR) is 167 cm³/mol. The summed E-state index contributed by atoms with van der Waals surface area (Å²) in [6, 6.07) is 40.2. The molecule has 3 heterocycles. The first-order valence-electron chi connectivity index (χ1n) is 13.2. The van der Waals surface area contributed by atoms with Gasteiger partial charge in [0.25, 0.3) is 0 Å². The lowest BCUT2D eigenvalue weighted by molar-refractivity contribution is 0.631. The molecule has 0 amide bonds. The second-order valence-corrected chi connectivity index (χ2v) is 10.9. The Morgan fingerprint density at radius 1 is 0.600 bits per heavy atom. The van der Waals surface area contributed by atoms with Crippen LogP contribution in [0.15, 0.2) is 128 Å². The smallest absolute Gasteiger partial charge is 0.155 e. The van der Waals surface area contributed by atoms with Crippen molar-refractivity contribution in [3.8, 4) is 16.9 Å². The number of pyridine rings is 1. The van der Waals surface area contributed by atoms with Gasteiger partial charge in [0, 0.05) is 49.3 Å². The maximum Gasteiger partial charge on any atom is 0.155 e. The van der Waals surface area contributed by atoms with Gasteiger partial charge in [-0.3, -0.25) is 4.57 Å². The largest absolute Gasteiger partial charge is 0.353 e. The average molecular weight is 536 g/mol. The fourth-order valence-corrected chi connectivity index (χ4v) is 6.97. The van der Waals surface area contributed by atoms with Crippen molar-refractivity contribution >= 4 is 64.7 Å². The molecule has 5 heteroatoms. The van der Waals surface area contributed by atoms with Gasteiger partial charge < -0.3 is 5.32 Å². The second-order valence-electron chi connectivity index (χ2n) is 9.81.